The minimum absolute atomic E-state index is 0.178. The van der Waals surface area contributed by atoms with Crippen molar-refractivity contribution in [1.29, 1.82) is 0 Å². The number of thiazole rings is 1. The predicted molar refractivity (Wildman–Crippen MR) is 98.2 cm³/mol. The first kappa shape index (κ1) is 15.8. The fraction of sp³-hybridized carbons (Fsp3) is 0.250. The van der Waals surface area contributed by atoms with E-state index in [1.165, 1.54) is 11.3 Å². The molecule has 24 heavy (non-hydrogen) atoms. The first-order valence-corrected chi connectivity index (χ1v) is 9.53. The van der Waals surface area contributed by atoms with Crippen molar-refractivity contribution in [2.75, 3.05) is 25.1 Å². The van der Waals surface area contributed by atoms with Gasteiger partial charge in [-0.2, -0.15) is 0 Å². The van der Waals surface area contributed by atoms with Gasteiger partial charge < -0.3 is 15.0 Å². The number of carbonyl (C=O) groups excluding carboxylic acids is 1. The number of thiophene rings is 1. The molecule has 3 aromatic rings. The molecule has 0 saturated carbocycles. The smallest absolute Gasteiger partial charge is 0.322 e. The Morgan fingerprint density at radius 2 is 2.25 bits per heavy atom. The van der Waals surface area contributed by atoms with Gasteiger partial charge in [0.2, 0.25) is 0 Å². The molecule has 1 aromatic carbocycles. The Hall–Kier alpha value is -1.67. The maximum Gasteiger partial charge on any atom is 0.322 e. The van der Waals surface area contributed by atoms with Gasteiger partial charge in [-0.15, -0.1) is 22.7 Å². The molecule has 0 spiro atoms. The number of rotatable bonds is 2. The fourth-order valence-corrected chi connectivity index (χ4v) is 4.55. The Labute approximate surface area is 151 Å². The van der Waals surface area contributed by atoms with Gasteiger partial charge in [-0.1, -0.05) is 23.7 Å². The predicted octanol–water partition coefficient (Wildman–Crippen LogP) is 4.62. The first-order valence-electron chi connectivity index (χ1n) is 7.46. The van der Waals surface area contributed by atoms with Gasteiger partial charge in [0.1, 0.15) is 15.4 Å². The highest BCUT2D eigenvalue weighted by Gasteiger charge is 2.31. The van der Waals surface area contributed by atoms with Gasteiger partial charge in [-0.25, -0.2) is 9.78 Å². The lowest BCUT2D eigenvalue weighted by Crippen LogP contribution is -2.45. The van der Waals surface area contributed by atoms with Crippen molar-refractivity contribution in [2.24, 2.45) is 0 Å². The third kappa shape index (κ3) is 3.00. The molecule has 4 rings (SSSR count). The molecule has 5 nitrogen and oxygen atoms in total. The number of nitrogens with one attached hydrogen (secondary N) is 1. The fourth-order valence-electron chi connectivity index (χ4n) is 2.65. The number of ether oxygens (including phenoxy) is 1. The van der Waals surface area contributed by atoms with Gasteiger partial charge in [0, 0.05) is 6.54 Å². The van der Waals surface area contributed by atoms with Gasteiger partial charge in [-0.05, 0) is 23.6 Å². The topological polar surface area (TPSA) is 54.5 Å². The molecule has 0 aliphatic carbocycles. The number of anilines is 1. The van der Waals surface area contributed by atoms with Crippen LogP contribution in [-0.2, 0) is 4.74 Å². The Morgan fingerprint density at radius 1 is 1.38 bits per heavy atom. The van der Waals surface area contributed by atoms with E-state index in [1.54, 1.807) is 22.3 Å². The number of hydrogen-bond acceptors (Lipinski definition) is 5. The quantitative estimate of drug-likeness (QED) is 0.707. The highest BCUT2D eigenvalue weighted by molar-refractivity contribution is 7.18. The number of amides is 2. The van der Waals surface area contributed by atoms with Crippen molar-refractivity contribution >= 4 is 56.2 Å². The minimum atomic E-state index is -0.187. The average molecular weight is 380 g/mol. The van der Waals surface area contributed by atoms with Crippen LogP contribution >= 0.6 is 34.3 Å². The number of aromatic nitrogens is 1. The van der Waals surface area contributed by atoms with Crippen LogP contribution in [-0.4, -0.2) is 35.7 Å². The van der Waals surface area contributed by atoms with E-state index in [1.807, 2.05) is 29.6 Å². The van der Waals surface area contributed by atoms with E-state index in [0.29, 0.717) is 29.8 Å². The summed E-state index contributed by atoms with van der Waals surface area (Å²) in [6.45, 7) is 1.49. The molecule has 3 heterocycles. The van der Waals surface area contributed by atoms with Gasteiger partial charge in [0.05, 0.1) is 29.1 Å². The molecule has 1 saturated heterocycles. The Kier molecular flexibility index (Phi) is 4.41. The number of hydrogen-bond donors (Lipinski definition) is 1. The van der Waals surface area contributed by atoms with Crippen molar-refractivity contribution in [1.82, 2.24) is 9.88 Å². The van der Waals surface area contributed by atoms with Crippen molar-refractivity contribution in [2.45, 2.75) is 6.04 Å². The van der Waals surface area contributed by atoms with E-state index in [2.05, 4.69) is 10.3 Å². The molecule has 2 aromatic heterocycles. The van der Waals surface area contributed by atoms with Gasteiger partial charge >= 0.3 is 6.03 Å². The second-order valence-corrected chi connectivity index (χ2v) is 7.92. The Morgan fingerprint density at radius 3 is 3.04 bits per heavy atom. The summed E-state index contributed by atoms with van der Waals surface area (Å²) in [6.07, 6.45) is 0. The summed E-state index contributed by atoms with van der Waals surface area (Å²) in [5, 5.41) is 5.62. The summed E-state index contributed by atoms with van der Waals surface area (Å²) in [7, 11) is 0. The SMILES string of the molecule is O=C(Nc1ccsc1Cl)N1CCOCC1c1nc2ccccc2s1. The molecular formula is C16H14ClN3O2S2. The molecule has 2 amide bonds. The Bertz CT molecular complexity index is 846. The molecule has 1 N–H and O–H groups in total. The number of benzene rings is 1. The molecule has 1 atom stereocenters. The van der Waals surface area contributed by atoms with Crippen LogP contribution in [0.25, 0.3) is 10.2 Å². The van der Waals surface area contributed by atoms with Gasteiger partial charge in [-0.3, -0.25) is 0 Å². The third-order valence-electron chi connectivity index (χ3n) is 3.84. The monoisotopic (exact) mass is 379 g/mol. The standard InChI is InChI=1S/C16H14ClN3O2S2/c17-14-11(5-8-23-14)19-16(21)20-6-7-22-9-12(20)15-18-10-3-1-2-4-13(10)24-15/h1-5,8,12H,6-7,9H2,(H,19,21). The van der Waals surface area contributed by atoms with Crippen LogP contribution in [0.3, 0.4) is 0 Å². The van der Waals surface area contributed by atoms with Gasteiger partial charge in [0.25, 0.3) is 0 Å². The summed E-state index contributed by atoms with van der Waals surface area (Å²) < 4.78 is 7.28. The van der Waals surface area contributed by atoms with Crippen LogP contribution in [0.15, 0.2) is 35.7 Å². The molecule has 0 radical (unpaired) electrons. The van der Waals surface area contributed by atoms with Gasteiger partial charge in [0.15, 0.2) is 0 Å². The van der Waals surface area contributed by atoms with Crippen LogP contribution in [0.1, 0.15) is 11.0 Å². The van der Waals surface area contributed by atoms with Crippen LogP contribution in [0.5, 0.6) is 0 Å². The number of urea groups is 1. The third-order valence-corrected chi connectivity index (χ3v) is 6.15. The zero-order valence-corrected chi connectivity index (χ0v) is 15.0. The van der Waals surface area contributed by atoms with E-state index in [-0.39, 0.29) is 12.1 Å². The lowest BCUT2D eigenvalue weighted by Gasteiger charge is -2.34. The summed E-state index contributed by atoms with van der Waals surface area (Å²) in [4.78, 5) is 19.1. The second-order valence-electron chi connectivity index (χ2n) is 5.34. The number of para-hydroxylation sites is 1. The van der Waals surface area contributed by atoms with E-state index in [9.17, 15) is 4.79 Å². The van der Waals surface area contributed by atoms with E-state index in [0.717, 1.165) is 15.2 Å². The Balaban J connectivity index is 1.60. The normalized spacial score (nSPS) is 18.0. The maximum atomic E-state index is 12.7. The zero-order chi connectivity index (χ0) is 16.5. The van der Waals surface area contributed by atoms with Crippen LogP contribution in [0.2, 0.25) is 4.34 Å². The zero-order valence-electron chi connectivity index (χ0n) is 12.6. The van der Waals surface area contributed by atoms with Crippen LogP contribution < -0.4 is 5.32 Å². The molecule has 1 aliphatic heterocycles. The minimum Gasteiger partial charge on any atom is -0.377 e. The average Bonchev–Trinajstić information content (AvgIpc) is 3.21. The van der Waals surface area contributed by atoms with Crippen molar-refractivity contribution in [3.8, 4) is 0 Å². The molecular weight excluding hydrogens is 366 g/mol. The lowest BCUT2D eigenvalue weighted by molar-refractivity contribution is 0.0148. The summed E-state index contributed by atoms with van der Waals surface area (Å²) in [5.74, 6) is 0. The van der Waals surface area contributed by atoms with Crippen molar-refractivity contribution < 1.29 is 9.53 Å². The van der Waals surface area contributed by atoms with E-state index < -0.39 is 0 Å². The molecule has 1 aliphatic rings. The number of morpholine rings is 1. The number of halogens is 1. The molecule has 124 valence electrons. The van der Waals surface area contributed by atoms with Crippen molar-refractivity contribution in [3.63, 3.8) is 0 Å². The van der Waals surface area contributed by atoms with Crippen molar-refractivity contribution in [3.05, 3.63) is 45.1 Å². The summed E-state index contributed by atoms with van der Waals surface area (Å²) in [6, 6.07) is 9.41. The largest absolute Gasteiger partial charge is 0.377 e. The first-order chi connectivity index (χ1) is 11.7. The lowest BCUT2D eigenvalue weighted by atomic mass is 10.2. The van der Waals surface area contributed by atoms with Crippen LogP contribution in [0, 0.1) is 0 Å². The van der Waals surface area contributed by atoms with E-state index >= 15 is 0 Å². The highest BCUT2D eigenvalue weighted by Crippen LogP contribution is 2.33. The molecule has 1 fully saturated rings. The second kappa shape index (κ2) is 6.68. The molecule has 8 heteroatoms. The maximum absolute atomic E-state index is 12.7. The number of carbonyl (C=O) groups is 1. The molecule has 0 bridgehead atoms. The van der Waals surface area contributed by atoms with Crippen LogP contribution in [0.4, 0.5) is 10.5 Å². The number of fused-ring (bicyclic) bond motifs is 1. The number of nitrogens with zero attached hydrogens (tertiary/aromatic N) is 2. The van der Waals surface area contributed by atoms with E-state index in [4.69, 9.17) is 16.3 Å². The highest BCUT2D eigenvalue weighted by atomic mass is 35.5. The summed E-state index contributed by atoms with van der Waals surface area (Å²) >= 11 is 9.07. The molecule has 1 unspecified atom stereocenters. The summed E-state index contributed by atoms with van der Waals surface area (Å²) in [5.41, 5.74) is 1.59.